The average molecular weight is 396 g/mol. The molecule has 0 saturated carbocycles. The molecule has 0 aromatic rings. The first kappa shape index (κ1) is 28.3. The molecule has 6 heteroatoms. The number of hydrogen-bond donors (Lipinski definition) is 2. The van der Waals surface area contributed by atoms with E-state index in [1.807, 2.05) is 0 Å². The highest BCUT2D eigenvalue weighted by molar-refractivity contribution is 7.47. The Morgan fingerprint density at radius 3 is 1.42 bits per heavy atom. The highest BCUT2D eigenvalue weighted by Gasteiger charge is 2.24. The Kier molecular flexibility index (Phi) is 21.6. The summed E-state index contributed by atoms with van der Waals surface area (Å²) in [6, 6.07) is 0. The van der Waals surface area contributed by atoms with E-state index in [9.17, 15) is 9.46 Å². The van der Waals surface area contributed by atoms with Gasteiger partial charge in [0, 0.05) is 0 Å². The minimum Gasteiger partial charge on any atom is -0.330 e. The summed E-state index contributed by atoms with van der Waals surface area (Å²) in [5.74, 6) is 0.687. The van der Waals surface area contributed by atoms with Gasteiger partial charge in [0.25, 0.3) is 0 Å². The normalized spacial score (nSPS) is 15.7. The largest absolute Gasteiger partial charge is 0.472 e. The zero-order valence-electron chi connectivity index (χ0n) is 18.0. The molecule has 0 heterocycles. The molecule has 0 aromatic heterocycles. The monoisotopic (exact) mass is 395 g/mol. The first-order valence-electron chi connectivity index (χ1n) is 10.7. The maximum Gasteiger partial charge on any atom is 0.472 e. The van der Waals surface area contributed by atoms with Crippen molar-refractivity contribution in [2.75, 3.05) is 19.8 Å². The van der Waals surface area contributed by atoms with Crippen LogP contribution >= 0.6 is 7.82 Å². The van der Waals surface area contributed by atoms with E-state index in [4.69, 9.17) is 14.8 Å². The topological polar surface area (TPSA) is 81.8 Å². The summed E-state index contributed by atoms with van der Waals surface area (Å²) >= 11 is 0. The molecule has 3 N–H and O–H groups in total. The van der Waals surface area contributed by atoms with Gasteiger partial charge in [-0.2, -0.15) is 0 Å². The van der Waals surface area contributed by atoms with Crippen molar-refractivity contribution in [3.05, 3.63) is 0 Å². The zero-order valence-corrected chi connectivity index (χ0v) is 18.9. The summed E-state index contributed by atoms with van der Waals surface area (Å²) in [6.07, 6.45) is 10.9. The summed E-state index contributed by atoms with van der Waals surface area (Å²) in [6.45, 7) is 12.1. The van der Waals surface area contributed by atoms with Crippen molar-refractivity contribution in [1.29, 1.82) is 0 Å². The summed E-state index contributed by atoms with van der Waals surface area (Å²) in [5.41, 5.74) is 5.14. The van der Waals surface area contributed by atoms with Gasteiger partial charge in [-0.05, 0) is 37.6 Å². The molecule has 0 radical (unpaired) electrons. The van der Waals surface area contributed by atoms with E-state index in [1.165, 1.54) is 12.8 Å². The molecule has 0 aliphatic heterocycles. The third-order valence-corrected chi connectivity index (χ3v) is 5.54. The maximum atomic E-state index is 11.9. The van der Waals surface area contributed by atoms with Crippen molar-refractivity contribution in [2.24, 2.45) is 17.6 Å². The van der Waals surface area contributed by atoms with E-state index in [-0.39, 0.29) is 0 Å². The van der Waals surface area contributed by atoms with Gasteiger partial charge in [-0.3, -0.25) is 9.05 Å². The molecule has 0 fully saturated rings. The van der Waals surface area contributed by atoms with Gasteiger partial charge in [0.1, 0.15) is 0 Å². The number of phosphoric acid groups is 1. The first-order chi connectivity index (χ1) is 12.4. The van der Waals surface area contributed by atoms with Gasteiger partial charge in [0.15, 0.2) is 0 Å². The minimum absolute atomic E-state index is 0.316. The summed E-state index contributed by atoms with van der Waals surface area (Å²) in [7, 11) is -3.89. The van der Waals surface area contributed by atoms with E-state index in [0.717, 1.165) is 57.9 Å². The van der Waals surface area contributed by atoms with E-state index in [0.29, 0.717) is 25.0 Å². The molecule has 160 valence electrons. The molecule has 0 aromatic carbocycles. The molecule has 2 unspecified atom stereocenters. The zero-order chi connectivity index (χ0) is 20.3. The SMILES string of the molecule is CCCCC(CC)COP(=O)(O)OCC(CC)CCCC.CCCCN. The highest BCUT2D eigenvalue weighted by atomic mass is 31.2. The lowest BCUT2D eigenvalue weighted by Gasteiger charge is -2.20. The molecule has 0 amide bonds. The lowest BCUT2D eigenvalue weighted by molar-refractivity contribution is 0.110. The Balaban J connectivity index is 0. The Labute approximate surface area is 163 Å². The standard InChI is InChI=1S/C16H35O4P.C4H11N/c1-5-9-11-15(7-3)13-19-21(17,18)20-14-16(8-4)12-10-6-2;1-2-3-4-5/h15-16H,5-14H2,1-4H3,(H,17,18);2-5H2,1H3. The molecule has 26 heavy (non-hydrogen) atoms. The van der Waals surface area contributed by atoms with Crippen LogP contribution in [0, 0.1) is 11.8 Å². The van der Waals surface area contributed by atoms with E-state index < -0.39 is 7.82 Å². The lowest BCUT2D eigenvalue weighted by Crippen LogP contribution is -2.12. The second-order valence-electron chi connectivity index (χ2n) is 7.04. The molecule has 0 spiro atoms. The lowest BCUT2D eigenvalue weighted by atomic mass is 10.0. The highest BCUT2D eigenvalue weighted by Crippen LogP contribution is 2.44. The summed E-state index contributed by atoms with van der Waals surface area (Å²) < 4.78 is 22.2. The molecule has 0 bridgehead atoms. The van der Waals surface area contributed by atoms with Crippen LogP contribution in [-0.4, -0.2) is 24.7 Å². The Morgan fingerprint density at radius 2 is 1.19 bits per heavy atom. The van der Waals surface area contributed by atoms with Gasteiger partial charge in [0.2, 0.25) is 0 Å². The van der Waals surface area contributed by atoms with Gasteiger partial charge in [-0.1, -0.05) is 79.6 Å². The van der Waals surface area contributed by atoms with E-state index in [1.54, 1.807) is 0 Å². The van der Waals surface area contributed by atoms with Crippen molar-refractivity contribution < 1.29 is 18.5 Å². The number of unbranched alkanes of at least 4 members (excludes halogenated alkanes) is 3. The minimum atomic E-state index is -3.89. The van der Waals surface area contributed by atoms with Crippen LogP contribution in [0.25, 0.3) is 0 Å². The third kappa shape index (κ3) is 18.8. The quantitative estimate of drug-likeness (QED) is 0.300. The molecule has 0 aliphatic rings. The molecule has 0 saturated heterocycles. The Hall–Kier alpha value is 0.0700. The van der Waals surface area contributed by atoms with Crippen molar-refractivity contribution in [2.45, 2.75) is 98.8 Å². The number of nitrogens with two attached hydrogens (primary N) is 1. The number of phosphoric ester groups is 1. The Bertz CT molecular complexity index is 303. The third-order valence-electron chi connectivity index (χ3n) is 4.59. The van der Waals surface area contributed by atoms with Crippen molar-refractivity contribution in [1.82, 2.24) is 0 Å². The maximum absolute atomic E-state index is 11.9. The van der Waals surface area contributed by atoms with Crippen LogP contribution in [-0.2, 0) is 13.6 Å². The fraction of sp³-hybridized carbons (Fsp3) is 1.00. The fourth-order valence-electron chi connectivity index (χ4n) is 2.44. The summed E-state index contributed by atoms with van der Waals surface area (Å²) in [5, 5.41) is 0. The molecule has 0 rings (SSSR count). The van der Waals surface area contributed by atoms with Crippen LogP contribution in [0.15, 0.2) is 0 Å². The fourth-order valence-corrected chi connectivity index (χ4v) is 3.31. The van der Waals surface area contributed by atoms with Crippen LogP contribution in [0.2, 0.25) is 0 Å². The van der Waals surface area contributed by atoms with E-state index in [2.05, 4.69) is 34.6 Å². The van der Waals surface area contributed by atoms with Crippen LogP contribution in [0.3, 0.4) is 0 Å². The van der Waals surface area contributed by atoms with Crippen LogP contribution in [0.4, 0.5) is 0 Å². The van der Waals surface area contributed by atoms with Gasteiger partial charge >= 0.3 is 7.82 Å². The van der Waals surface area contributed by atoms with Crippen LogP contribution in [0.5, 0.6) is 0 Å². The summed E-state index contributed by atoms with van der Waals surface area (Å²) in [4.78, 5) is 9.77. The van der Waals surface area contributed by atoms with Crippen molar-refractivity contribution in [3.63, 3.8) is 0 Å². The second kappa shape index (κ2) is 19.8. The second-order valence-corrected chi connectivity index (χ2v) is 8.49. The van der Waals surface area contributed by atoms with Crippen molar-refractivity contribution in [3.8, 4) is 0 Å². The molecular formula is C20H46NO4P. The van der Waals surface area contributed by atoms with Gasteiger partial charge in [-0.25, -0.2) is 4.57 Å². The smallest absolute Gasteiger partial charge is 0.330 e. The van der Waals surface area contributed by atoms with E-state index >= 15 is 0 Å². The first-order valence-corrected chi connectivity index (χ1v) is 12.2. The van der Waals surface area contributed by atoms with Crippen LogP contribution in [0.1, 0.15) is 98.8 Å². The Morgan fingerprint density at radius 1 is 0.808 bits per heavy atom. The van der Waals surface area contributed by atoms with Gasteiger partial charge in [0.05, 0.1) is 13.2 Å². The molecular weight excluding hydrogens is 349 g/mol. The molecule has 0 aliphatic carbocycles. The average Bonchev–Trinajstić information content (AvgIpc) is 2.63. The number of rotatable bonds is 16. The van der Waals surface area contributed by atoms with Gasteiger partial charge < -0.3 is 10.6 Å². The van der Waals surface area contributed by atoms with Crippen molar-refractivity contribution >= 4 is 7.82 Å². The van der Waals surface area contributed by atoms with Crippen LogP contribution < -0.4 is 5.73 Å². The molecule has 2 atom stereocenters. The van der Waals surface area contributed by atoms with Gasteiger partial charge in [-0.15, -0.1) is 0 Å². The predicted molar refractivity (Wildman–Crippen MR) is 112 cm³/mol. The molecule has 5 nitrogen and oxygen atoms in total. The predicted octanol–water partition coefficient (Wildman–Crippen LogP) is 6.30. The number of hydrogen-bond acceptors (Lipinski definition) is 4.